The number of rotatable bonds is 2. The predicted octanol–water partition coefficient (Wildman–Crippen LogP) is 3.08. The molecular formula is C10H9BrN2S. The van der Waals surface area contributed by atoms with Crippen molar-refractivity contribution in [2.75, 3.05) is 5.73 Å². The van der Waals surface area contributed by atoms with Gasteiger partial charge in [0.05, 0.1) is 0 Å². The van der Waals surface area contributed by atoms with Crippen LogP contribution in [-0.4, -0.2) is 4.98 Å². The van der Waals surface area contributed by atoms with E-state index in [1.807, 2.05) is 24.4 Å². The van der Waals surface area contributed by atoms with E-state index in [9.17, 15) is 0 Å². The van der Waals surface area contributed by atoms with Crippen LogP contribution in [0.15, 0.2) is 34.9 Å². The first-order valence-corrected chi connectivity index (χ1v) is 5.80. The molecule has 0 bridgehead atoms. The van der Waals surface area contributed by atoms with Gasteiger partial charge in [-0.25, -0.2) is 4.98 Å². The number of nitrogens with zero attached hydrogens (tertiary/aromatic N) is 1. The molecule has 4 heteroatoms. The largest absolute Gasteiger partial charge is 0.375 e. The van der Waals surface area contributed by atoms with Crippen LogP contribution in [0.5, 0.6) is 0 Å². The fraction of sp³-hybridized carbons (Fsp3) is 0.100. The summed E-state index contributed by atoms with van der Waals surface area (Å²) < 4.78 is 1.13. The summed E-state index contributed by atoms with van der Waals surface area (Å²) >= 11 is 5.05. The lowest BCUT2D eigenvalue weighted by Gasteiger charge is -2.00. The van der Waals surface area contributed by atoms with Crippen LogP contribution < -0.4 is 5.73 Å². The lowest BCUT2D eigenvalue weighted by molar-refractivity contribution is 1.20. The van der Waals surface area contributed by atoms with Gasteiger partial charge in [0, 0.05) is 22.0 Å². The second-order valence-electron chi connectivity index (χ2n) is 2.93. The van der Waals surface area contributed by atoms with Gasteiger partial charge >= 0.3 is 0 Å². The summed E-state index contributed by atoms with van der Waals surface area (Å²) in [5, 5.41) is 0.632. The summed E-state index contributed by atoms with van der Waals surface area (Å²) in [6, 6.07) is 8.18. The molecule has 0 radical (unpaired) electrons. The number of thiazole rings is 1. The Kier molecular flexibility index (Phi) is 2.84. The normalized spacial score (nSPS) is 10.4. The minimum absolute atomic E-state index is 0.632. The number of halogens is 1. The van der Waals surface area contributed by atoms with E-state index in [1.54, 1.807) is 0 Å². The molecule has 1 aromatic carbocycles. The maximum atomic E-state index is 5.57. The molecule has 2 N–H and O–H groups in total. The maximum Gasteiger partial charge on any atom is 0.180 e. The molecule has 0 saturated heterocycles. The second-order valence-corrected chi connectivity index (χ2v) is 4.93. The van der Waals surface area contributed by atoms with Crippen LogP contribution in [0.3, 0.4) is 0 Å². The highest BCUT2D eigenvalue weighted by atomic mass is 79.9. The molecule has 0 amide bonds. The highest BCUT2D eigenvalue weighted by Crippen LogP contribution is 2.23. The highest BCUT2D eigenvalue weighted by Gasteiger charge is 2.03. The number of nitrogen functional groups attached to an aromatic ring is 1. The molecule has 0 atom stereocenters. The van der Waals surface area contributed by atoms with E-state index >= 15 is 0 Å². The first-order chi connectivity index (χ1) is 6.75. The molecule has 2 rings (SSSR count). The summed E-state index contributed by atoms with van der Waals surface area (Å²) in [6.07, 6.45) is 2.72. The van der Waals surface area contributed by atoms with Gasteiger partial charge in [-0.3, -0.25) is 0 Å². The molecule has 0 fully saturated rings. The Morgan fingerprint density at radius 2 is 2.14 bits per heavy atom. The fourth-order valence-electron chi connectivity index (χ4n) is 1.23. The van der Waals surface area contributed by atoms with Gasteiger partial charge in [-0.15, -0.1) is 11.3 Å². The van der Waals surface area contributed by atoms with Crippen molar-refractivity contribution in [2.45, 2.75) is 6.42 Å². The molecular weight excluding hydrogens is 260 g/mol. The Bertz CT molecular complexity index is 439. The van der Waals surface area contributed by atoms with Crippen LogP contribution in [0, 0.1) is 0 Å². The van der Waals surface area contributed by atoms with Crippen LogP contribution in [0.25, 0.3) is 0 Å². The van der Waals surface area contributed by atoms with Crippen LogP contribution in [0.2, 0.25) is 0 Å². The number of aromatic nitrogens is 1. The Morgan fingerprint density at radius 1 is 1.36 bits per heavy atom. The minimum Gasteiger partial charge on any atom is -0.375 e. The van der Waals surface area contributed by atoms with E-state index < -0.39 is 0 Å². The predicted molar refractivity (Wildman–Crippen MR) is 63.5 cm³/mol. The van der Waals surface area contributed by atoms with Crippen molar-refractivity contribution in [1.29, 1.82) is 0 Å². The van der Waals surface area contributed by atoms with Gasteiger partial charge < -0.3 is 5.73 Å². The Morgan fingerprint density at radius 3 is 2.79 bits per heavy atom. The third kappa shape index (κ3) is 2.13. The van der Waals surface area contributed by atoms with E-state index in [0.29, 0.717) is 5.13 Å². The van der Waals surface area contributed by atoms with Gasteiger partial charge in [0.2, 0.25) is 0 Å². The third-order valence-electron chi connectivity index (χ3n) is 1.89. The zero-order chi connectivity index (χ0) is 9.97. The van der Waals surface area contributed by atoms with E-state index in [-0.39, 0.29) is 0 Å². The summed E-state index contributed by atoms with van der Waals surface area (Å²) in [6.45, 7) is 0. The molecule has 2 aromatic rings. The van der Waals surface area contributed by atoms with Crippen molar-refractivity contribution in [3.05, 3.63) is 45.4 Å². The van der Waals surface area contributed by atoms with Gasteiger partial charge in [0.15, 0.2) is 5.13 Å². The van der Waals surface area contributed by atoms with E-state index in [2.05, 4.69) is 27.0 Å². The zero-order valence-corrected chi connectivity index (χ0v) is 9.81. The van der Waals surface area contributed by atoms with Crippen LogP contribution >= 0.6 is 27.3 Å². The molecule has 0 aliphatic carbocycles. The number of anilines is 1. The van der Waals surface area contributed by atoms with Crippen molar-refractivity contribution in [3.63, 3.8) is 0 Å². The molecule has 1 heterocycles. The fourth-order valence-corrected chi connectivity index (χ4v) is 2.37. The Balaban J connectivity index is 2.23. The third-order valence-corrected chi connectivity index (χ3v) is 3.49. The van der Waals surface area contributed by atoms with Gasteiger partial charge in [-0.2, -0.15) is 0 Å². The summed E-state index contributed by atoms with van der Waals surface area (Å²) in [7, 11) is 0. The SMILES string of the molecule is Nc1ncc(Cc2ccccc2Br)s1. The van der Waals surface area contributed by atoms with E-state index in [0.717, 1.165) is 10.9 Å². The smallest absolute Gasteiger partial charge is 0.180 e. The molecule has 0 saturated carbocycles. The van der Waals surface area contributed by atoms with Crippen molar-refractivity contribution < 1.29 is 0 Å². The average molecular weight is 269 g/mol. The molecule has 0 spiro atoms. The first-order valence-electron chi connectivity index (χ1n) is 4.19. The Labute approximate surface area is 94.9 Å². The molecule has 1 aromatic heterocycles. The molecule has 0 unspecified atom stereocenters. The molecule has 2 nitrogen and oxygen atoms in total. The van der Waals surface area contributed by atoms with Crippen molar-refractivity contribution >= 4 is 32.4 Å². The monoisotopic (exact) mass is 268 g/mol. The Hall–Kier alpha value is -0.870. The summed E-state index contributed by atoms with van der Waals surface area (Å²) in [5.41, 5.74) is 6.83. The van der Waals surface area contributed by atoms with E-state index in [4.69, 9.17) is 5.73 Å². The average Bonchev–Trinajstić information content (AvgIpc) is 2.56. The topological polar surface area (TPSA) is 38.9 Å². The van der Waals surface area contributed by atoms with Gasteiger partial charge in [0.1, 0.15) is 0 Å². The van der Waals surface area contributed by atoms with Gasteiger partial charge in [-0.1, -0.05) is 34.1 Å². The summed E-state index contributed by atoms with van der Waals surface area (Å²) in [4.78, 5) is 5.21. The van der Waals surface area contributed by atoms with Gasteiger partial charge in [0.25, 0.3) is 0 Å². The number of benzene rings is 1. The molecule has 0 aliphatic heterocycles. The number of hydrogen-bond acceptors (Lipinski definition) is 3. The van der Waals surface area contributed by atoms with Crippen molar-refractivity contribution in [1.82, 2.24) is 4.98 Å². The molecule has 0 aliphatic rings. The van der Waals surface area contributed by atoms with Crippen LogP contribution in [-0.2, 0) is 6.42 Å². The van der Waals surface area contributed by atoms with Crippen molar-refractivity contribution in [3.8, 4) is 0 Å². The zero-order valence-electron chi connectivity index (χ0n) is 7.40. The lowest BCUT2D eigenvalue weighted by atomic mass is 10.1. The number of hydrogen-bond donors (Lipinski definition) is 1. The van der Waals surface area contributed by atoms with Crippen LogP contribution in [0.4, 0.5) is 5.13 Å². The number of nitrogens with two attached hydrogens (primary N) is 1. The first kappa shape index (κ1) is 9.68. The summed E-state index contributed by atoms with van der Waals surface area (Å²) in [5.74, 6) is 0. The molecule has 14 heavy (non-hydrogen) atoms. The second kappa shape index (κ2) is 4.11. The van der Waals surface area contributed by atoms with Crippen LogP contribution in [0.1, 0.15) is 10.4 Å². The standard InChI is InChI=1S/C10H9BrN2S/c11-9-4-2-1-3-7(9)5-8-6-13-10(12)14-8/h1-4,6H,5H2,(H2,12,13). The highest BCUT2D eigenvalue weighted by molar-refractivity contribution is 9.10. The van der Waals surface area contributed by atoms with Crippen molar-refractivity contribution in [2.24, 2.45) is 0 Å². The van der Waals surface area contributed by atoms with Gasteiger partial charge in [-0.05, 0) is 11.6 Å². The maximum absolute atomic E-state index is 5.57. The van der Waals surface area contributed by atoms with E-state index in [1.165, 1.54) is 21.8 Å². The lowest BCUT2D eigenvalue weighted by Crippen LogP contribution is -1.85. The minimum atomic E-state index is 0.632. The molecule has 72 valence electrons. The quantitative estimate of drug-likeness (QED) is 0.909.